The van der Waals surface area contributed by atoms with Crippen LogP contribution in [0, 0.1) is 0 Å². The number of rotatable bonds is 3. The van der Waals surface area contributed by atoms with Crippen LogP contribution in [0.1, 0.15) is 5.56 Å². The zero-order valence-corrected chi connectivity index (χ0v) is 12.4. The van der Waals surface area contributed by atoms with E-state index in [1.807, 2.05) is 0 Å². The van der Waals surface area contributed by atoms with Gasteiger partial charge in [0.05, 0.1) is 11.0 Å². The molecule has 0 fully saturated rings. The molecule has 2 rings (SSSR count). The summed E-state index contributed by atoms with van der Waals surface area (Å²) in [4.78, 5) is 4.25. The van der Waals surface area contributed by atoms with E-state index >= 15 is 0 Å². The number of nitrogens with zero attached hydrogens (tertiary/aromatic N) is 3. The largest absolute Gasteiger partial charge is 0.416 e. The zero-order valence-electron chi connectivity index (χ0n) is 10.8. The highest BCUT2D eigenvalue weighted by Gasteiger charge is 2.30. The molecule has 3 nitrogen and oxygen atoms in total. The molecule has 7 heteroatoms. The first-order valence-electron chi connectivity index (χ1n) is 5.90. The Kier molecular flexibility index (Phi) is 4.62. The Morgan fingerprint density at radius 2 is 1.81 bits per heavy atom. The highest BCUT2D eigenvalue weighted by atomic mass is 79.9. The van der Waals surface area contributed by atoms with Crippen molar-refractivity contribution in [2.45, 2.75) is 6.18 Å². The Labute approximate surface area is 127 Å². The van der Waals surface area contributed by atoms with Crippen LogP contribution in [0.4, 0.5) is 13.2 Å². The second kappa shape index (κ2) is 6.26. The third-order valence-electron chi connectivity index (χ3n) is 2.83. The fourth-order valence-electron chi connectivity index (χ4n) is 1.88. The summed E-state index contributed by atoms with van der Waals surface area (Å²) in [6.45, 7) is 3.44. The van der Waals surface area contributed by atoms with Gasteiger partial charge in [-0.2, -0.15) is 18.3 Å². The van der Waals surface area contributed by atoms with E-state index in [0.717, 1.165) is 12.1 Å². The summed E-state index contributed by atoms with van der Waals surface area (Å²) in [5, 5.41) is 3.80. The molecule has 0 aliphatic carbocycles. The molecule has 0 atom stereocenters. The van der Waals surface area contributed by atoms with E-state index < -0.39 is 11.7 Å². The van der Waals surface area contributed by atoms with Crippen molar-refractivity contribution in [3.63, 3.8) is 0 Å². The fourth-order valence-corrected chi connectivity index (χ4v) is 2.12. The molecule has 0 N–H and O–H groups in total. The lowest BCUT2D eigenvalue weighted by Crippen LogP contribution is -2.19. The van der Waals surface area contributed by atoms with Crippen LogP contribution in [-0.2, 0) is 6.18 Å². The number of aromatic nitrogens is 1. The smallest absolute Gasteiger partial charge is 0.255 e. The first-order chi connectivity index (χ1) is 9.97. The molecule has 1 heterocycles. The number of pyridine rings is 1. The minimum atomic E-state index is -4.35. The van der Waals surface area contributed by atoms with Gasteiger partial charge in [-0.15, -0.1) is 0 Å². The van der Waals surface area contributed by atoms with E-state index in [9.17, 15) is 13.2 Å². The van der Waals surface area contributed by atoms with Crippen molar-refractivity contribution in [3.8, 4) is 11.1 Å². The minimum absolute atomic E-state index is 0.347. The molecule has 0 saturated heterocycles. The van der Waals surface area contributed by atoms with Crippen LogP contribution in [0.5, 0.6) is 0 Å². The predicted octanol–water partition coefficient (Wildman–Crippen LogP) is 3.89. The van der Waals surface area contributed by atoms with Gasteiger partial charge in [-0.1, -0.05) is 28.1 Å². The standard InChI is InChI=1S/C14H11BrF3N3/c1-19-21-8-2-3-12(13(21)20-9-15)10-4-6-11(7-5-10)14(16,17)18/h2-8H,1,9H2. The van der Waals surface area contributed by atoms with Crippen LogP contribution < -0.4 is 5.49 Å². The lowest BCUT2D eigenvalue weighted by molar-refractivity contribution is -0.137. The maximum atomic E-state index is 12.6. The van der Waals surface area contributed by atoms with Gasteiger partial charge >= 0.3 is 6.18 Å². The van der Waals surface area contributed by atoms with E-state index in [4.69, 9.17) is 0 Å². The van der Waals surface area contributed by atoms with Crippen LogP contribution in [0.3, 0.4) is 0 Å². The van der Waals surface area contributed by atoms with Gasteiger partial charge in [0.25, 0.3) is 0 Å². The van der Waals surface area contributed by atoms with Gasteiger partial charge in [0.15, 0.2) is 5.49 Å². The number of alkyl halides is 4. The molecule has 0 spiro atoms. The second-order valence-corrected chi connectivity index (χ2v) is 4.59. The van der Waals surface area contributed by atoms with E-state index in [1.54, 1.807) is 18.3 Å². The van der Waals surface area contributed by atoms with Gasteiger partial charge in [0, 0.05) is 18.5 Å². The van der Waals surface area contributed by atoms with E-state index in [-0.39, 0.29) is 0 Å². The molecule has 110 valence electrons. The van der Waals surface area contributed by atoms with Gasteiger partial charge in [-0.3, -0.25) is 4.99 Å². The predicted molar refractivity (Wildman–Crippen MR) is 79.2 cm³/mol. The zero-order chi connectivity index (χ0) is 15.5. The van der Waals surface area contributed by atoms with Gasteiger partial charge in [0.2, 0.25) is 0 Å². The Hall–Kier alpha value is -1.89. The van der Waals surface area contributed by atoms with Gasteiger partial charge in [0.1, 0.15) is 0 Å². The summed E-state index contributed by atoms with van der Waals surface area (Å²) < 4.78 is 39.2. The normalized spacial score (nSPS) is 12.5. The van der Waals surface area contributed by atoms with Crippen LogP contribution >= 0.6 is 15.9 Å². The third kappa shape index (κ3) is 3.41. The Bertz CT molecular complexity index is 703. The molecule has 1 aromatic heterocycles. The first kappa shape index (κ1) is 15.5. The topological polar surface area (TPSA) is 29.6 Å². The Morgan fingerprint density at radius 1 is 1.14 bits per heavy atom. The van der Waals surface area contributed by atoms with Gasteiger partial charge < -0.3 is 0 Å². The summed E-state index contributed by atoms with van der Waals surface area (Å²) in [6.07, 6.45) is -2.68. The molecular weight excluding hydrogens is 347 g/mol. The monoisotopic (exact) mass is 357 g/mol. The Morgan fingerprint density at radius 3 is 2.33 bits per heavy atom. The number of hydrogen-bond donors (Lipinski definition) is 0. The summed E-state index contributed by atoms with van der Waals surface area (Å²) in [5.41, 5.74) is 1.49. The van der Waals surface area contributed by atoms with Crippen molar-refractivity contribution in [3.05, 3.63) is 53.6 Å². The van der Waals surface area contributed by atoms with Crippen molar-refractivity contribution in [1.29, 1.82) is 0 Å². The molecule has 21 heavy (non-hydrogen) atoms. The molecule has 0 bridgehead atoms. The van der Waals surface area contributed by atoms with Crippen molar-refractivity contribution in [1.82, 2.24) is 4.68 Å². The maximum absolute atomic E-state index is 12.6. The van der Waals surface area contributed by atoms with Gasteiger partial charge in [-0.05, 0) is 29.8 Å². The van der Waals surface area contributed by atoms with Crippen molar-refractivity contribution < 1.29 is 13.2 Å². The van der Waals surface area contributed by atoms with Crippen LogP contribution in [0.25, 0.3) is 11.1 Å². The third-order valence-corrected chi connectivity index (χ3v) is 3.08. The fraction of sp³-hybridized carbons (Fsp3) is 0.143. The minimum Gasteiger partial charge on any atom is -0.255 e. The molecule has 0 saturated carbocycles. The van der Waals surface area contributed by atoms with Gasteiger partial charge in [-0.25, -0.2) is 4.68 Å². The number of halogens is 4. The molecule has 1 aromatic carbocycles. The van der Waals surface area contributed by atoms with E-state index in [0.29, 0.717) is 22.1 Å². The SMILES string of the molecule is C=Nn1cccc(-c2ccc(C(F)(F)F)cc2)c1=NCBr. The van der Waals surface area contributed by atoms with Crippen LogP contribution in [-0.4, -0.2) is 16.8 Å². The summed E-state index contributed by atoms with van der Waals surface area (Å²) in [7, 11) is 0. The second-order valence-electron chi connectivity index (χ2n) is 4.08. The van der Waals surface area contributed by atoms with E-state index in [2.05, 4.69) is 32.7 Å². The molecule has 0 radical (unpaired) electrons. The highest BCUT2D eigenvalue weighted by molar-refractivity contribution is 9.09. The molecule has 0 aliphatic heterocycles. The highest BCUT2D eigenvalue weighted by Crippen LogP contribution is 2.30. The molecule has 0 aliphatic rings. The first-order valence-corrected chi connectivity index (χ1v) is 7.02. The molecule has 2 aromatic rings. The number of benzene rings is 1. The van der Waals surface area contributed by atoms with Crippen molar-refractivity contribution in [2.24, 2.45) is 10.1 Å². The van der Waals surface area contributed by atoms with Crippen LogP contribution in [0.15, 0.2) is 52.7 Å². The van der Waals surface area contributed by atoms with Crippen molar-refractivity contribution >= 4 is 22.6 Å². The summed E-state index contributed by atoms with van der Waals surface area (Å²) in [6, 6.07) is 8.43. The summed E-state index contributed by atoms with van der Waals surface area (Å²) in [5.74, 6) is 0. The lowest BCUT2D eigenvalue weighted by atomic mass is 10.1. The van der Waals surface area contributed by atoms with Crippen molar-refractivity contribution in [2.75, 3.05) is 5.45 Å². The summed E-state index contributed by atoms with van der Waals surface area (Å²) >= 11 is 3.20. The molecular formula is C14H11BrF3N3. The Balaban J connectivity index is 2.57. The maximum Gasteiger partial charge on any atom is 0.416 e. The van der Waals surface area contributed by atoms with E-state index in [1.165, 1.54) is 16.8 Å². The lowest BCUT2D eigenvalue weighted by Gasteiger charge is -2.09. The number of hydrogen-bond acceptors (Lipinski definition) is 2. The molecule has 0 unspecified atom stereocenters. The average molecular weight is 358 g/mol. The van der Waals surface area contributed by atoms with Crippen LogP contribution in [0.2, 0.25) is 0 Å². The average Bonchev–Trinajstić information content (AvgIpc) is 2.47. The molecule has 0 amide bonds. The quantitative estimate of drug-likeness (QED) is 0.453.